The summed E-state index contributed by atoms with van der Waals surface area (Å²) in [5.41, 5.74) is 0. The highest BCUT2D eigenvalue weighted by Gasteiger charge is 2.31. The van der Waals surface area contributed by atoms with Crippen LogP contribution >= 0.6 is 0 Å². The molecule has 0 aliphatic carbocycles. The fourth-order valence-electron chi connectivity index (χ4n) is 3.77. The quantitative estimate of drug-likeness (QED) is 0.121. The van der Waals surface area contributed by atoms with Gasteiger partial charge in [0.1, 0.15) is 0 Å². The molecule has 0 saturated carbocycles. The topological polar surface area (TPSA) is 158 Å². The first-order valence-electron chi connectivity index (χ1n) is 13.9. The highest BCUT2D eigenvalue weighted by molar-refractivity contribution is 6.02. The number of imide groups is 2. The van der Waals surface area contributed by atoms with Crippen molar-refractivity contribution in [2.45, 2.75) is 90.9 Å². The molecular weight excluding hydrogens is 504 g/mol. The Morgan fingerprint density at radius 3 is 1.46 bits per heavy atom. The molecule has 218 valence electrons. The number of hydrogen-bond donors (Lipinski definition) is 1. The molecule has 0 atom stereocenters. The summed E-state index contributed by atoms with van der Waals surface area (Å²) in [6, 6.07) is -1.17. The summed E-state index contributed by atoms with van der Waals surface area (Å²) in [7, 11) is 0. The van der Waals surface area contributed by atoms with Crippen molar-refractivity contribution in [1.82, 2.24) is 15.1 Å². The van der Waals surface area contributed by atoms with Crippen molar-refractivity contribution in [2.24, 2.45) is 20.9 Å². The molecule has 0 aromatic rings. The third-order valence-electron chi connectivity index (χ3n) is 5.94. The van der Waals surface area contributed by atoms with Crippen molar-refractivity contribution in [3.8, 4) is 0 Å². The number of rotatable bonds is 22. The van der Waals surface area contributed by atoms with E-state index in [4.69, 9.17) is 0 Å². The van der Waals surface area contributed by atoms with Gasteiger partial charge in [-0.1, -0.05) is 52.4 Å². The second-order valence-corrected chi connectivity index (χ2v) is 9.47. The number of unbranched alkanes of at least 4 members (excludes halogenated alkanes) is 9. The van der Waals surface area contributed by atoms with E-state index in [0.717, 1.165) is 56.3 Å². The molecule has 0 bridgehead atoms. The molecule has 0 aromatic carbocycles. The van der Waals surface area contributed by atoms with Crippen LogP contribution in [0.3, 0.4) is 0 Å². The van der Waals surface area contributed by atoms with E-state index in [1.807, 2.05) is 0 Å². The zero-order chi connectivity index (χ0) is 29.1. The molecule has 0 aliphatic heterocycles. The van der Waals surface area contributed by atoms with Crippen LogP contribution < -0.4 is 5.32 Å². The van der Waals surface area contributed by atoms with Crippen molar-refractivity contribution < 1.29 is 28.8 Å². The highest BCUT2D eigenvalue weighted by atomic mass is 16.2. The van der Waals surface area contributed by atoms with Gasteiger partial charge in [-0.05, 0) is 38.5 Å². The van der Waals surface area contributed by atoms with Gasteiger partial charge in [-0.25, -0.2) is 43.8 Å². The van der Waals surface area contributed by atoms with Gasteiger partial charge in [0, 0.05) is 25.6 Å². The smallest absolute Gasteiger partial charge is 0.334 e. The third kappa shape index (κ3) is 18.4. The van der Waals surface area contributed by atoms with Crippen molar-refractivity contribution in [3.05, 3.63) is 0 Å². The summed E-state index contributed by atoms with van der Waals surface area (Å²) in [5, 5.41) is 2.80. The zero-order valence-corrected chi connectivity index (χ0v) is 23.5. The van der Waals surface area contributed by atoms with E-state index in [1.165, 1.54) is 23.1 Å². The van der Waals surface area contributed by atoms with Crippen LogP contribution in [0.15, 0.2) is 15.0 Å². The fraction of sp³-hybridized carbons (Fsp3) is 0.778. The molecule has 12 heteroatoms. The molecule has 12 nitrogen and oxygen atoms in total. The van der Waals surface area contributed by atoms with E-state index in [0.29, 0.717) is 51.9 Å². The molecule has 0 aliphatic rings. The molecule has 0 radical (unpaired) electrons. The van der Waals surface area contributed by atoms with E-state index in [1.54, 1.807) is 13.8 Å². The molecule has 0 unspecified atom stereocenters. The van der Waals surface area contributed by atoms with Crippen molar-refractivity contribution >= 4 is 36.2 Å². The molecule has 1 N–H and O–H groups in total. The molecule has 5 amide bonds. The van der Waals surface area contributed by atoms with E-state index < -0.39 is 18.0 Å². The lowest BCUT2D eigenvalue weighted by Gasteiger charge is -2.29. The van der Waals surface area contributed by atoms with Crippen LogP contribution in [0.1, 0.15) is 90.9 Å². The lowest BCUT2D eigenvalue weighted by molar-refractivity contribution is -0.131. The number of aliphatic imine (C=N–C) groups is 3. The SMILES string of the molecule is CC(C)C(=O)N(CCCCCCN=C=O)C(=O)N(CCCCCCN=C=O)C(=O)NCCCCCCN=C=O. The Labute approximate surface area is 231 Å². The average Bonchev–Trinajstić information content (AvgIpc) is 2.92. The number of isocyanates is 3. The van der Waals surface area contributed by atoms with Crippen LogP contribution in [0.25, 0.3) is 0 Å². The van der Waals surface area contributed by atoms with Crippen LogP contribution in [0.2, 0.25) is 0 Å². The van der Waals surface area contributed by atoms with Gasteiger partial charge in [0.2, 0.25) is 24.1 Å². The van der Waals surface area contributed by atoms with E-state index >= 15 is 0 Å². The van der Waals surface area contributed by atoms with Gasteiger partial charge in [-0.3, -0.25) is 9.69 Å². The Hall–Kier alpha value is -3.45. The first-order valence-corrected chi connectivity index (χ1v) is 13.9. The normalized spacial score (nSPS) is 10.1. The van der Waals surface area contributed by atoms with Crippen molar-refractivity contribution in [2.75, 3.05) is 39.3 Å². The van der Waals surface area contributed by atoms with Gasteiger partial charge in [0.15, 0.2) is 0 Å². The lowest BCUT2D eigenvalue weighted by atomic mass is 10.1. The van der Waals surface area contributed by atoms with Gasteiger partial charge in [-0.15, -0.1) is 0 Å². The van der Waals surface area contributed by atoms with E-state index in [2.05, 4.69) is 20.3 Å². The number of nitrogens with zero attached hydrogens (tertiary/aromatic N) is 5. The monoisotopic (exact) mass is 548 g/mol. The predicted molar refractivity (Wildman–Crippen MR) is 146 cm³/mol. The number of carbonyl (C=O) groups excluding carboxylic acids is 6. The molecule has 0 spiro atoms. The maximum atomic E-state index is 13.5. The number of nitrogens with one attached hydrogen (secondary N) is 1. The Morgan fingerprint density at radius 1 is 0.615 bits per heavy atom. The maximum absolute atomic E-state index is 13.5. The number of amides is 5. The molecule has 0 saturated heterocycles. The number of urea groups is 2. The van der Waals surface area contributed by atoms with Gasteiger partial charge in [-0.2, -0.15) is 0 Å². The summed E-state index contributed by atoms with van der Waals surface area (Å²) in [6.45, 7) is 5.40. The lowest BCUT2D eigenvalue weighted by Crippen LogP contribution is -2.53. The van der Waals surface area contributed by atoms with Crippen LogP contribution in [0, 0.1) is 5.92 Å². The summed E-state index contributed by atoms with van der Waals surface area (Å²) in [4.78, 5) is 82.7. The van der Waals surface area contributed by atoms with Gasteiger partial charge in [0.05, 0.1) is 19.6 Å². The van der Waals surface area contributed by atoms with Gasteiger partial charge in [0.25, 0.3) is 0 Å². The third-order valence-corrected chi connectivity index (χ3v) is 5.94. The molecule has 0 aromatic heterocycles. The second-order valence-electron chi connectivity index (χ2n) is 9.47. The average molecular weight is 549 g/mol. The Balaban J connectivity index is 5.14. The Kier molecular flexibility index (Phi) is 22.7. The van der Waals surface area contributed by atoms with E-state index in [9.17, 15) is 28.8 Å². The number of carbonyl (C=O) groups is 3. The first kappa shape index (κ1) is 35.5. The van der Waals surface area contributed by atoms with Crippen LogP contribution in [-0.2, 0) is 19.2 Å². The van der Waals surface area contributed by atoms with Crippen LogP contribution in [0.5, 0.6) is 0 Å². The minimum absolute atomic E-state index is 0.164. The summed E-state index contributed by atoms with van der Waals surface area (Å²) >= 11 is 0. The summed E-state index contributed by atoms with van der Waals surface area (Å²) in [5.74, 6) is -0.754. The number of hydrogen-bond acceptors (Lipinski definition) is 9. The second kappa shape index (κ2) is 24.9. The van der Waals surface area contributed by atoms with Crippen molar-refractivity contribution in [1.29, 1.82) is 0 Å². The first-order chi connectivity index (χ1) is 18.9. The molecule has 0 rings (SSSR count). The van der Waals surface area contributed by atoms with Crippen LogP contribution in [-0.4, -0.2) is 85.3 Å². The predicted octanol–water partition coefficient (Wildman–Crippen LogP) is 4.29. The highest BCUT2D eigenvalue weighted by Crippen LogP contribution is 2.12. The zero-order valence-electron chi connectivity index (χ0n) is 23.5. The van der Waals surface area contributed by atoms with Gasteiger partial charge < -0.3 is 5.32 Å². The molecule has 0 heterocycles. The maximum Gasteiger partial charge on any atom is 0.334 e. The van der Waals surface area contributed by atoms with Crippen LogP contribution in [0.4, 0.5) is 9.59 Å². The fourth-order valence-corrected chi connectivity index (χ4v) is 3.77. The van der Waals surface area contributed by atoms with Crippen molar-refractivity contribution in [3.63, 3.8) is 0 Å². The molecular formula is C27H44N6O6. The largest absolute Gasteiger partial charge is 0.338 e. The Morgan fingerprint density at radius 2 is 1.03 bits per heavy atom. The Bertz CT molecular complexity index is 861. The molecule has 39 heavy (non-hydrogen) atoms. The van der Waals surface area contributed by atoms with Gasteiger partial charge >= 0.3 is 12.1 Å². The minimum Gasteiger partial charge on any atom is -0.338 e. The summed E-state index contributed by atoms with van der Waals surface area (Å²) in [6.07, 6.45) is 13.3. The van der Waals surface area contributed by atoms with E-state index in [-0.39, 0.29) is 19.0 Å². The standard InChI is InChI=1S/C27H44N6O6/c1-24(2)25(37)32(19-13-7-5-10-16-29-22-35)27(39)33(20-14-8-6-11-17-30-23-36)26(38)31-18-12-4-3-9-15-28-21-34/h24H,3-20H2,1-2H3,(H,31,38). The minimum atomic E-state index is -0.631. The molecule has 0 fully saturated rings. The summed E-state index contributed by atoms with van der Waals surface area (Å²) < 4.78 is 0.